The van der Waals surface area contributed by atoms with Gasteiger partial charge in [-0.15, -0.1) is 0 Å². The van der Waals surface area contributed by atoms with Crippen LogP contribution in [-0.4, -0.2) is 27.5 Å². The molecular weight excluding hydrogens is 414 g/mol. The van der Waals surface area contributed by atoms with Crippen molar-refractivity contribution in [2.45, 2.75) is 31.8 Å². The minimum absolute atomic E-state index is 0.0283. The molecule has 0 aliphatic heterocycles. The number of ether oxygens (including phenoxy) is 2. The van der Waals surface area contributed by atoms with Crippen molar-refractivity contribution < 1.29 is 22.7 Å². The Morgan fingerprint density at radius 1 is 0.871 bits per heavy atom. The highest BCUT2D eigenvalue weighted by Crippen LogP contribution is 2.27. The van der Waals surface area contributed by atoms with Gasteiger partial charge < -0.3 is 9.47 Å². The van der Waals surface area contributed by atoms with Crippen LogP contribution in [-0.2, 0) is 14.8 Å². The largest absolute Gasteiger partial charge is 0.497 e. The lowest BCUT2D eigenvalue weighted by Gasteiger charge is -2.26. The van der Waals surface area contributed by atoms with Gasteiger partial charge in [-0.2, -0.15) is 4.31 Å². The van der Waals surface area contributed by atoms with E-state index in [2.05, 4.69) is 0 Å². The number of nitrogens with zero attached hydrogens (tertiary/aromatic N) is 1. The van der Waals surface area contributed by atoms with E-state index in [1.807, 2.05) is 13.8 Å². The predicted octanol–water partition coefficient (Wildman–Crippen LogP) is 4.50. The van der Waals surface area contributed by atoms with Gasteiger partial charge in [0.2, 0.25) is 0 Å². The van der Waals surface area contributed by atoms with Gasteiger partial charge in [-0.3, -0.25) is 4.79 Å². The number of amides is 1. The summed E-state index contributed by atoms with van der Waals surface area (Å²) in [5.74, 6) is 0.267. The second-order valence-corrected chi connectivity index (χ2v) is 8.98. The Bertz CT molecular complexity index is 1160. The van der Waals surface area contributed by atoms with Gasteiger partial charge in [0, 0.05) is 6.07 Å². The molecule has 0 aromatic heterocycles. The van der Waals surface area contributed by atoms with E-state index in [0.717, 1.165) is 15.4 Å². The Hall–Kier alpha value is -3.32. The van der Waals surface area contributed by atoms with Crippen LogP contribution in [0, 0.1) is 13.8 Å². The highest BCUT2D eigenvalue weighted by molar-refractivity contribution is 7.93. The summed E-state index contributed by atoms with van der Waals surface area (Å²) in [7, 11) is -2.63. The van der Waals surface area contributed by atoms with Crippen LogP contribution < -0.4 is 13.8 Å². The summed E-state index contributed by atoms with van der Waals surface area (Å²) in [6.07, 6.45) is -1.06. The highest BCUT2D eigenvalue weighted by Gasteiger charge is 2.34. The molecule has 3 rings (SSSR count). The molecule has 162 valence electrons. The fraction of sp³-hybridized carbons (Fsp3) is 0.208. The van der Waals surface area contributed by atoms with Crippen molar-refractivity contribution >= 4 is 21.6 Å². The molecule has 7 heteroatoms. The van der Waals surface area contributed by atoms with E-state index in [9.17, 15) is 13.2 Å². The number of carbonyl (C=O) groups is 1. The summed E-state index contributed by atoms with van der Waals surface area (Å²) in [6.45, 7) is 5.27. The van der Waals surface area contributed by atoms with Crippen LogP contribution in [0.2, 0.25) is 0 Å². The maximum absolute atomic E-state index is 13.5. The summed E-state index contributed by atoms with van der Waals surface area (Å²) in [5, 5.41) is 0. The summed E-state index contributed by atoms with van der Waals surface area (Å²) in [6, 6.07) is 19.9. The first kappa shape index (κ1) is 22.4. The third kappa shape index (κ3) is 5.06. The zero-order valence-electron chi connectivity index (χ0n) is 17.9. The van der Waals surface area contributed by atoms with E-state index in [1.165, 1.54) is 26.2 Å². The van der Waals surface area contributed by atoms with Crippen LogP contribution in [0.5, 0.6) is 11.5 Å². The summed E-state index contributed by atoms with van der Waals surface area (Å²) in [4.78, 5) is 13.4. The smallest absolute Gasteiger partial charge is 0.281 e. The maximum atomic E-state index is 13.5. The molecule has 31 heavy (non-hydrogen) atoms. The predicted molar refractivity (Wildman–Crippen MR) is 120 cm³/mol. The minimum Gasteiger partial charge on any atom is -0.497 e. The second-order valence-electron chi connectivity index (χ2n) is 7.20. The molecule has 0 saturated carbocycles. The number of rotatable bonds is 7. The molecule has 0 heterocycles. The van der Waals surface area contributed by atoms with Crippen LogP contribution in [0.3, 0.4) is 0 Å². The van der Waals surface area contributed by atoms with Crippen LogP contribution >= 0.6 is 0 Å². The van der Waals surface area contributed by atoms with Crippen molar-refractivity contribution in [2.24, 2.45) is 0 Å². The fourth-order valence-corrected chi connectivity index (χ4v) is 4.45. The van der Waals surface area contributed by atoms with Gasteiger partial charge in [0.25, 0.3) is 15.9 Å². The van der Waals surface area contributed by atoms with Crippen LogP contribution in [0.4, 0.5) is 5.69 Å². The minimum atomic E-state index is -4.15. The van der Waals surface area contributed by atoms with E-state index in [4.69, 9.17) is 9.47 Å². The normalized spacial score (nSPS) is 12.1. The zero-order chi connectivity index (χ0) is 22.6. The number of sulfonamides is 1. The third-order valence-electron chi connectivity index (χ3n) is 4.73. The van der Waals surface area contributed by atoms with Crippen molar-refractivity contribution in [3.05, 3.63) is 83.9 Å². The van der Waals surface area contributed by atoms with E-state index in [-0.39, 0.29) is 10.6 Å². The van der Waals surface area contributed by atoms with Crippen molar-refractivity contribution in [1.82, 2.24) is 0 Å². The monoisotopic (exact) mass is 439 g/mol. The molecule has 3 aromatic carbocycles. The van der Waals surface area contributed by atoms with Gasteiger partial charge >= 0.3 is 0 Å². The standard InChI is InChI=1S/C24H25NO5S/c1-17-8-12-20(13-9-17)25(31(27,28)23-14-10-18(2)11-15-23)24(26)19(3)30-22-7-5-6-21(16-22)29-4/h5-16,19H,1-4H3. The van der Waals surface area contributed by atoms with Gasteiger partial charge in [-0.25, -0.2) is 8.42 Å². The van der Waals surface area contributed by atoms with Gasteiger partial charge in [-0.05, 0) is 57.2 Å². The van der Waals surface area contributed by atoms with Gasteiger partial charge in [0.1, 0.15) is 11.5 Å². The van der Waals surface area contributed by atoms with E-state index < -0.39 is 22.0 Å². The van der Waals surface area contributed by atoms with E-state index in [1.54, 1.807) is 60.7 Å². The molecule has 0 aliphatic carbocycles. The molecule has 0 saturated heterocycles. The Balaban J connectivity index is 2.00. The molecule has 6 nitrogen and oxygen atoms in total. The average molecular weight is 440 g/mol. The summed E-state index contributed by atoms with van der Waals surface area (Å²) in [5.41, 5.74) is 2.11. The van der Waals surface area contributed by atoms with Crippen molar-refractivity contribution in [2.75, 3.05) is 11.4 Å². The summed E-state index contributed by atoms with van der Waals surface area (Å²) < 4.78 is 38.7. The molecule has 0 radical (unpaired) electrons. The Morgan fingerprint density at radius 3 is 2.00 bits per heavy atom. The van der Waals surface area contributed by atoms with Crippen molar-refractivity contribution in [3.63, 3.8) is 0 Å². The van der Waals surface area contributed by atoms with Gasteiger partial charge in [0.15, 0.2) is 6.10 Å². The van der Waals surface area contributed by atoms with Gasteiger partial charge in [0.05, 0.1) is 17.7 Å². The first-order valence-corrected chi connectivity index (χ1v) is 11.2. The lowest BCUT2D eigenvalue weighted by Crippen LogP contribution is -2.44. The topological polar surface area (TPSA) is 72.9 Å². The highest BCUT2D eigenvalue weighted by atomic mass is 32.2. The average Bonchev–Trinajstić information content (AvgIpc) is 2.75. The first-order valence-electron chi connectivity index (χ1n) is 9.75. The first-order chi connectivity index (χ1) is 14.7. The maximum Gasteiger partial charge on any atom is 0.281 e. The van der Waals surface area contributed by atoms with Crippen molar-refractivity contribution in [1.29, 1.82) is 0 Å². The molecule has 1 amide bonds. The molecular formula is C24H25NO5S. The second kappa shape index (κ2) is 9.22. The SMILES string of the molecule is COc1cccc(OC(C)C(=O)N(c2ccc(C)cc2)S(=O)(=O)c2ccc(C)cc2)c1. The number of benzene rings is 3. The molecule has 0 spiro atoms. The number of aryl methyl sites for hydroxylation is 2. The third-order valence-corrected chi connectivity index (χ3v) is 6.47. The molecule has 0 N–H and O–H groups in total. The zero-order valence-corrected chi connectivity index (χ0v) is 18.7. The Labute approximate surface area is 183 Å². The number of carbonyl (C=O) groups excluding carboxylic acids is 1. The number of hydrogen-bond donors (Lipinski definition) is 0. The Morgan fingerprint density at radius 2 is 1.42 bits per heavy atom. The lowest BCUT2D eigenvalue weighted by atomic mass is 10.2. The molecule has 0 bridgehead atoms. The molecule has 3 aromatic rings. The van der Waals surface area contributed by atoms with Crippen molar-refractivity contribution in [3.8, 4) is 11.5 Å². The molecule has 1 unspecified atom stereocenters. The van der Waals surface area contributed by atoms with Gasteiger partial charge in [-0.1, -0.05) is 41.5 Å². The number of anilines is 1. The molecule has 1 atom stereocenters. The number of methoxy groups -OCH3 is 1. The summed E-state index contributed by atoms with van der Waals surface area (Å²) >= 11 is 0. The van der Waals surface area contributed by atoms with E-state index in [0.29, 0.717) is 11.5 Å². The molecule has 0 fully saturated rings. The quantitative estimate of drug-likeness (QED) is 0.542. The lowest BCUT2D eigenvalue weighted by molar-refractivity contribution is -0.123. The van der Waals surface area contributed by atoms with Crippen LogP contribution in [0.1, 0.15) is 18.1 Å². The number of hydrogen-bond acceptors (Lipinski definition) is 5. The molecule has 0 aliphatic rings. The van der Waals surface area contributed by atoms with Crippen LogP contribution in [0.15, 0.2) is 77.7 Å². The van der Waals surface area contributed by atoms with E-state index >= 15 is 0 Å². The Kier molecular flexibility index (Phi) is 6.65. The van der Waals surface area contributed by atoms with Crippen LogP contribution in [0.25, 0.3) is 0 Å². The fourth-order valence-electron chi connectivity index (χ4n) is 2.97.